The smallest absolute Gasteiger partial charge is 0.0561 e. The maximum absolute atomic E-state index is 6.56. The summed E-state index contributed by atoms with van der Waals surface area (Å²) in [5.74, 6) is 0. The van der Waals surface area contributed by atoms with Crippen LogP contribution in [0.1, 0.15) is 5.56 Å². The molecule has 9 nitrogen and oxygen atoms in total. The van der Waals surface area contributed by atoms with Crippen LogP contribution in [-0.4, -0.2) is 99.4 Å². The van der Waals surface area contributed by atoms with E-state index in [0.29, 0.717) is 13.1 Å². The molecule has 3 heterocycles. The van der Waals surface area contributed by atoms with Crippen LogP contribution in [0.3, 0.4) is 0 Å². The maximum atomic E-state index is 6.56. The van der Waals surface area contributed by atoms with Crippen LogP contribution >= 0.6 is 0 Å². The van der Waals surface area contributed by atoms with Crippen molar-refractivity contribution in [3.8, 4) is 0 Å². The van der Waals surface area contributed by atoms with Crippen LogP contribution in [0.5, 0.6) is 0 Å². The fourth-order valence-corrected chi connectivity index (χ4v) is 4.32. The van der Waals surface area contributed by atoms with Gasteiger partial charge in [0.15, 0.2) is 0 Å². The zero-order chi connectivity index (χ0) is 21.5. The van der Waals surface area contributed by atoms with Crippen LogP contribution in [0.2, 0.25) is 0 Å². The zero-order valence-corrected chi connectivity index (χ0v) is 18.2. The highest BCUT2D eigenvalue weighted by Gasteiger charge is 2.33. The highest BCUT2D eigenvalue weighted by Crippen LogP contribution is 2.13. The van der Waals surface area contributed by atoms with Gasteiger partial charge < -0.3 is 38.9 Å². The van der Waals surface area contributed by atoms with Crippen molar-refractivity contribution < 1.29 is 0 Å². The molecule has 170 valence electrons. The fraction of sp³-hybridized carbons (Fsp3) is 0.714. The van der Waals surface area contributed by atoms with E-state index in [0.717, 1.165) is 77.7 Å². The van der Waals surface area contributed by atoms with Crippen molar-refractivity contribution in [1.29, 1.82) is 0 Å². The van der Waals surface area contributed by atoms with Crippen LogP contribution in [0, 0.1) is 0 Å². The minimum absolute atomic E-state index is 0.192. The molecule has 9 heteroatoms. The van der Waals surface area contributed by atoms with Crippen LogP contribution in [0.25, 0.3) is 0 Å². The molecule has 2 unspecified atom stereocenters. The van der Waals surface area contributed by atoms with Crippen LogP contribution in [0.15, 0.2) is 24.3 Å². The second-order valence-electron chi connectivity index (χ2n) is 9.05. The van der Waals surface area contributed by atoms with Gasteiger partial charge in [0.2, 0.25) is 0 Å². The highest BCUT2D eigenvalue weighted by molar-refractivity contribution is 5.39. The predicted octanol–water partition coefficient (Wildman–Crippen LogP) is -2.48. The van der Waals surface area contributed by atoms with Crippen molar-refractivity contribution in [2.45, 2.75) is 17.6 Å². The summed E-state index contributed by atoms with van der Waals surface area (Å²) in [6.45, 7) is 10.8. The van der Waals surface area contributed by atoms with E-state index in [1.807, 2.05) is 12.1 Å². The molecular formula is C21H41N9. The Labute approximate surface area is 180 Å². The van der Waals surface area contributed by atoms with E-state index in [1.54, 1.807) is 0 Å². The Morgan fingerprint density at radius 3 is 2.07 bits per heavy atom. The molecule has 0 spiro atoms. The molecule has 3 aliphatic heterocycles. The quantitative estimate of drug-likeness (QED) is 0.258. The first kappa shape index (κ1) is 23.4. The van der Waals surface area contributed by atoms with Crippen molar-refractivity contribution >= 4 is 5.69 Å². The molecule has 3 saturated heterocycles. The Balaban J connectivity index is 1.67. The number of anilines is 1. The summed E-state index contributed by atoms with van der Waals surface area (Å²) >= 11 is 0. The van der Waals surface area contributed by atoms with Gasteiger partial charge in [-0.05, 0) is 17.7 Å². The van der Waals surface area contributed by atoms with Crippen molar-refractivity contribution in [3.63, 3.8) is 0 Å². The van der Waals surface area contributed by atoms with Crippen LogP contribution in [0.4, 0.5) is 5.69 Å². The molecule has 0 radical (unpaired) electrons. The van der Waals surface area contributed by atoms with Gasteiger partial charge in [-0.15, -0.1) is 0 Å². The van der Waals surface area contributed by atoms with Gasteiger partial charge in [0.1, 0.15) is 0 Å². The number of piperazine rings is 1. The summed E-state index contributed by atoms with van der Waals surface area (Å²) < 4.78 is 0. The first-order valence-corrected chi connectivity index (χ1v) is 11.1. The fourth-order valence-electron chi connectivity index (χ4n) is 4.32. The largest absolute Gasteiger partial charge is 0.399 e. The van der Waals surface area contributed by atoms with Gasteiger partial charge in [-0.3, -0.25) is 9.80 Å². The van der Waals surface area contributed by atoms with Gasteiger partial charge >= 0.3 is 0 Å². The lowest BCUT2D eigenvalue weighted by atomic mass is 9.96. The molecule has 2 bridgehead atoms. The van der Waals surface area contributed by atoms with E-state index in [2.05, 4.69) is 37.9 Å². The molecule has 11 N–H and O–H groups in total. The third-order valence-corrected chi connectivity index (χ3v) is 6.39. The number of nitrogen functional groups attached to an aromatic ring is 1. The Morgan fingerprint density at radius 2 is 1.47 bits per heavy atom. The molecule has 0 saturated carbocycles. The zero-order valence-electron chi connectivity index (χ0n) is 18.2. The van der Waals surface area contributed by atoms with Gasteiger partial charge in [0.05, 0.1) is 11.1 Å². The number of nitrogens with one attached hydrogen (secondary N) is 3. The Hall–Kier alpha value is -1.30. The standard InChI is InChI=1S/C21H41N9/c22-12-20(25)14-26-5-6-27-15-21(13-23,17-30-9-7-29(16-20)8-10-30)28-11-18-1-3-19(24)4-2-18/h1-4,26-28H,5-17,22-25H2. The minimum Gasteiger partial charge on any atom is -0.399 e. The molecular weight excluding hydrogens is 378 g/mol. The first-order valence-electron chi connectivity index (χ1n) is 11.1. The van der Waals surface area contributed by atoms with Gasteiger partial charge in [0, 0.05) is 90.8 Å². The average Bonchev–Trinajstić information content (AvgIpc) is 2.76. The molecule has 1 aromatic rings. The maximum Gasteiger partial charge on any atom is 0.0561 e. The minimum atomic E-state index is -0.381. The number of rotatable bonds is 5. The van der Waals surface area contributed by atoms with E-state index in [-0.39, 0.29) is 11.1 Å². The van der Waals surface area contributed by atoms with Gasteiger partial charge in [-0.1, -0.05) is 12.1 Å². The van der Waals surface area contributed by atoms with Gasteiger partial charge in [-0.2, -0.15) is 0 Å². The summed E-state index contributed by atoms with van der Waals surface area (Å²) in [5, 5.41) is 10.8. The van der Waals surface area contributed by atoms with E-state index in [1.165, 1.54) is 5.56 Å². The lowest BCUT2D eigenvalue weighted by Crippen LogP contribution is -2.67. The number of nitrogens with two attached hydrogens (primary N) is 4. The van der Waals surface area contributed by atoms with Crippen LogP contribution < -0.4 is 38.9 Å². The summed E-state index contributed by atoms with van der Waals surface area (Å²) in [5.41, 5.74) is 26.2. The molecule has 4 rings (SSSR count). The summed E-state index contributed by atoms with van der Waals surface area (Å²) in [6, 6.07) is 8.04. The molecule has 0 amide bonds. The number of hydrogen-bond donors (Lipinski definition) is 7. The molecule has 30 heavy (non-hydrogen) atoms. The van der Waals surface area contributed by atoms with Gasteiger partial charge in [-0.25, -0.2) is 0 Å². The first-order chi connectivity index (χ1) is 14.5. The molecule has 0 aromatic heterocycles. The summed E-state index contributed by atoms with van der Waals surface area (Å²) in [7, 11) is 0. The molecule has 3 aliphatic rings. The van der Waals surface area contributed by atoms with Crippen molar-refractivity contribution in [2.75, 3.05) is 84.3 Å². The highest BCUT2D eigenvalue weighted by atomic mass is 15.3. The second kappa shape index (κ2) is 10.8. The lowest BCUT2D eigenvalue weighted by Gasteiger charge is -2.44. The Morgan fingerprint density at radius 1 is 0.867 bits per heavy atom. The summed E-state index contributed by atoms with van der Waals surface area (Å²) in [4.78, 5) is 4.96. The molecule has 2 atom stereocenters. The number of benzene rings is 1. The van der Waals surface area contributed by atoms with Crippen molar-refractivity contribution in [1.82, 2.24) is 25.8 Å². The van der Waals surface area contributed by atoms with Gasteiger partial charge in [0.25, 0.3) is 0 Å². The summed E-state index contributed by atoms with van der Waals surface area (Å²) in [6.07, 6.45) is 0. The molecule has 3 fully saturated rings. The topological polar surface area (TPSA) is 147 Å². The predicted molar refractivity (Wildman–Crippen MR) is 124 cm³/mol. The normalized spacial score (nSPS) is 33.8. The number of nitrogens with zero attached hydrogens (tertiary/aromatic N) is 2. The lowest BCUT2D eigenvalue weighted by molar-refractivity contribution is 0.0850. The SMILES string of the molecule is NCC1(N)CNCCNCC(CN)(NCc2ccc(N)cc2)CN2CCN(CC2)C1. The van der Waals surface area contributed by atoms with E-state index in [9.17, 15) is 0 Å². The van der Waals surface area contributed by atoms with Crippen molar-refractivity contribution in [3.05, 3.63) is 29.8 Å². The number of hydrogen-bond acceptors (Lipinski definition) is 9. The monoisotopic (exact) mass is 419 g/mol. The van der Waals surface area contributed by atoms with Crippen molar-refractivity contribution in [2.24, 2.45) is 17.2 Å². The van der Waals surface area contributed by atoms with Crippen LogP contribution in [-0.2, 0) is 6.54 Å². The average molecular weight is 420 g/mol. The Kier molecular flexibility index (Phi) is 8.44. The number of fused-ring (bicyclic) bond motifs is 11. The second-order valence-corrected chi connectivity index (χ2v) is 9.05. The van der Waals surface area contributed by atoms with E-state index in [4.69, 9.17) is 22.9 Å². The third-order valence-electron chi connectivity index (χ3n) is 6.39. The Bertz CT molecular complexity index is 632. The van der Waals surface area contributed by atoms with E-state index < -0.39 is 0 Å². The molecule has 1 aromatic carbocycles. The molecule has 0 aliphatic carbocycles. The third kappa shape index (κ3) is 6.60. The van der Waals surface area contributed by atoms with E-state index >= 15 is 0 Å².